The van der Waals surface area contributed by atoms with E-state index in [1.54, 1.807) is 48.5 Å². The van der Waals surface area contributed by atoms with Gasteiger partial charge in [-0.1, -0.05) is 109 Å². The topological polar surface area (TPSA) is 70.8 Å². The zero-order valence-electron chi connectivity index (χ0n) is 23.7. The van der Waals surface area contributed by atoms with E-state index in [1.165, 1.54) is 75.9 Å². The third-order valence-corrected chi connectivity index (χ3v) is 6.07. The zero-order chi connectivity index (χ0) is 28.1. The summed E-state index contributed by atoms with van der Waals surface area (Å²) in [5.41, 5.74) is 2.28. The Labute approximate surface area is 277 Å². The van der Waals surface area contributed by atoms with Crippen LogP contribution in [0.3, 0.4) is 0 Å². The molecule has 0 fully saturated rings. The van der Waals surface area contributed by atoms with E-state index in [0.717, 1.165) is 0 Å². The molecular weight excluding hydrogens is 698 g/mol. The van der Waals surface area contributed by atoms with E-state index in [4.69, 9.17) is 0 Å². The number of hydrogen-bond acceptors (Lipinski definition) is 4. The van der Waals surface area contributed by atoms with Gasteiger partial charge in [0.25, 0.3) is 0 Å². The van der Waals surface area contributed by atoms with Gasteiger partial charge in [0, 0.05) is 51.4 Å². The molecule has 42 heavy (non-hydrogen) atoms. The maximum Gasteiger partial charge on any atom is 0.0886 e. The first-order valence-corrected chi connectivity index (χ1v) is 14.0. The first-order chi connectivity index (χ1) is 19.7. The fourth-order valence-corrected chi connectivity index (χ4v) is 3.85. The van der Waals surface area contributed by atoms with Crippen molar-refractivity contribution < 1.29 is 49.2 Å². The second-order valence-electron chi connectivity index (χ2n) is 9.28. The average Bonchev–Trinajstić information content (AvgIpc) is 2.93. The molecule has 3 aromatic carbocycles. The number of hydrogen-bond donors (Lipinski definition) is 0. The predicted molar refractivity (Wildman–Crippen MR) is 166 cm³/mol. The van der Waals surface area contributed by atoms with Gasteiger partial charge in [-0.05, 0) is 74.6 Å². The number of allylic oxidation sites excluding steroid dienone is 8. The Morgan fingerprint density at radius 3 is 0.952 bits per heavy atom. The number of benzene rings is 3. The first kappa shape index (κ1) is 36.8. The monoisotopic (exact) mass is 736 g/mol. The number of rotatable bonds is 4. The molecule has 0 unspecified atom stereocenters. The number of para-hydroxylation sites is 4. The van der Waals surface area contributed by atoms with Crippen molar-refractivity contribution in [1.29, 1.82) is 0 Å². The summed E-state index contributed by atoms with van der Waals surface area (Å²) in [4.78, 5) is 8.71. The van der Waals surface area contributed by atoms with Crippen LogP contribution >= 0.6 is 0 Å². The molecule has 0 atom stereocenters. The Balaban J connectivity index is 0.000000402. The van der Waals surface area contributed by atoms with Crippen molar-refractivity contribution in [3.05, 3.63) is 133 Å². The van der Waals surface area contributed by atoms with Gasteiger partial charge < -0.3 is 10.2 Å². The Hall–Kier alpha value is -3.19. The first-order valence-electron chi connectivity index (χ1n) is 14.0. The molecule has 0 amide bonds. The van der Waals surface area contributed by atoms with Crippen LogP contribution in [0, 0.1) is 0 Å². The molecule has 2 radical (unpaired) electrons. The van der Waals surface area contributed by atoms with E-state index in [1.807, 2.05) is 12.1 Å². The largest absolute Gasteiger partial charge is 0.872 e. The fraction of sp³-hybridized carbons (Fsp3) is 0.222. The molecule has 6 heteroatoms. The summed E-state index contributed by atoms with van der Waals surface area (Å²) < 4.78 is 0. The van der Waals surface area contributed by atoms with Gasteiger partial charge in [0.1, 0.15) is 0 Å². The van der Waals surface area contributed by atoms with Crippen LogP contribution in [0.15, 0.2) is 131 Å². The number of aliphatic imine (C=N–C) groups is 2. The Morgan fingerprint density at radius 1 is 0.405 bits per heavy atom. The molecule has 0 spiro atoms. The van der Waals surface area contributed by atoms with Crippen molar-refractivity contribution in [2.75, 3.05) is 0 Å². The Bertz CT molecular complexity index is 1190. The predicted octanol–water partition coefficient (Wildman–Crippen LogP) is 8.68. The van der Waals surface area contributed by atoms with Crippen LogP contribution < -0.4 is 10.2 Å². The minimum Gasteiger partial charge on any atom is -0.872 e. The van der Waals surface area contributed by atoms with Gasteiger partial charge in [-0.2, -0.15) is 0 Å². The van der Waals surface area contributed by atoms with Crippen molar-refractivity contribution in [1.82, 2.24) is 0 Å². The SMILES string of the molecule is C1=C\CC/C=C\CC/1.C1=C\CC/C=C\CC/1.[O-]c1ccccc1C=Nc1ccccc1N=Cc1ccccc1[O-].[Rh].[Rh]. The summed E-state index contributed by atoms with van der Waals surface area (Å²) in [6.45, 7) is 0. The molecule has 4 nitrogen and oxygen atoms in total. The van der Waals surface area contributed by atoms with Crippen molar-refractivity contribution in [2.24, 2.45) is 9.98 Å². The van der Waals surface area contributed by atoms with E-state index >= 15 is 0 Å². The zero-order valence-corrected chi connectivity index (χ0v) is 27.0. The molecule has 2 aliphatic carbocycles. The van der Waals surface area contributed by atoms with Crippen LogP contribution in [-0.2, 0) is 39.0 Å². The van der Waals surface area contributed by atoms with Crippen LogP contribution in [-0.4, -0.2) is 12.4 Å². The van der Waals surface area contributed by atoms with E-state index in [9.17, 15) is 10.2 Å². The summed E-state index contributed by atoms with van der Waals surface area (Å²) >= 11 is 0. The molecule has 0 saturated carbocycles. The normalized spacial score (nSPS) is 17.1. The molecular formula is C36H38N2O2Rh2-2. The minimum absolute atomic E-state index is 0. The van der Waals surface area contributed by atoms with Crippen LogP contribution in [0.5, 0.6) is 11.5 Å². The third kappa shape index (κ3) is 15.2. The molecule has 5 rings (SSSR count). The van der Waals surface area contributed by atoms with Crippen LogP contribution in [0.4, 0.5) is 11.4 Å². The second-order valence-corrected chi connectivity index (χ2v) is 9.28. The molecule has 0 aliphatic heterocycles. The van der Waals surface area contributed by atoms with Crippen molar-refractivity contribution in [3.63, 3.8) is 0 Å². The van der Waals surface area contributed by atoms with Gasteiger partial charge in [-0.15, -0.1) is 11.5 Å². The van der Waals surface area contributed by atoms with Gasteiger partial charge in [-0.25, -0.2) is 0 Å². The summed E-state index contributed by atoms with van der Waals surface area (Å²) in [5, 5.41) is 23.4. The van der Waals surface area contributed by atoms with Gasteiger partial charge in [0.15, 0.2) is 0 Å². The molecule has 0 N–H and O–H groups in total. The van der Waals surface area contributed by atoms with E-state index in [-0.39, 0.29) is 50.5 Å². The molecule has 3 aromatic rings. The Morgan fingerprint density at radius 2 is 0.667 bits per heavy atom. The molecule has 0 heterocycles. The number of nitrogens with zero attached hydrogens (tertiary/aromatic N) is 2. The van der Waals surface area contributed by atoms with Crippen molar-refractivity contribution in [2.45, 2.75) is 51.4 Å². The minimum atomic E-state index is -0.0810. The average molecular weight is 737 g/mol. The molecule has 0 aromatic heterocycles. The Kier molecular flexibility index (Phi) is 20.5. The van der Waals surface area contributed by atoms with Crippen molar-refractivity contribution >= 4 is 23.8 Å². The molecule has 2 aliphatic rings. The van der Waals surface area contributed by atoms with E-state index < -0.39 is 0 Å². The van der Waals surface area contributed by atoms with Gasteiger partial charge in [-0.3, -0.25) is 9.98 Å². The maximum atomic E-state index is 11.7. The smallest absolute Gasteiger partial charge is 0.0886 e. The van der Waals surface area contributed by atoms with Gasteiger partial charge in [0.2, 0.25) is 0 Å². The summed E-state index contributed by atoms with van der Waals surface area (Å²) in [6.07, 6.45) is 31.1. The van der Waals surface area contributed by atoms with E-state index in [0.29, 0.717) is 22.5 Å². The molecule has 224 valence electrons. The standard InChI is InChI=1S/C20H16N2O2.2C8H12.2Rh/c23-19-11-5-1-7-15(19)13-21-17-9-3-4-10-18(17)22-14-16-8-2-6-12-20(16)24;2*1-2-4-6-8-7-5-3-1;;/h1-14,23-24H;2*1-2,7-8H,3-6H2;;/p-2/b;2*2-1-,8-7-;;. The summed E-state index contributed by atoms with van der Waals surface area (Å²) in [5.74, 6) is -0.162. The van der Waals surface area contributed by atoms with Gasteiger partial charge in [0.05, 0.1) is 11.4 Å². The van der Waals surface area contributed by atoms with Crippen LogP contribution in [0.2, 0.25) is 0 Å². The third-order valence-electron chi connectivity index (χ3n) is 6.07. The second kappa shape index (κ2) is 23.4. The maximum absolute atomic E-state index is 11.7. The summed E-state index contributed by atoms with van der Waals surface area (Å²) in [6, 6.07) is 20.7. The van der Waals surface area contributed by atoms with E-state index in [2.05, 4.69) is 58.6 Å². The quantitative estimate of drug-likeness (QED) is 0.153. The van der Waals surface area contributed by atoms with Crippen LogP contribution in [0.25, 0.3) is 0 Å². The van der Waals surface area contributed by atoms with Crippen molar-refractivity contribution in [3.8, 4) is 11.5 Å². The fourth-order valence-electron chi connectivity index (χ4n) is 3.85. The van der Waals surface area contributed by atoms with Crippen LogP contribution in [0.1, 0.15) is 62.5 Å². The van der Waals surface area contributed by atoms with Gasteiger partial charge >= 0.3 is 0 Å². The molecule has 0 saturated heterocycles. The summed E-state index contributed by atoms with van der Waals surface area (Å²) in [7, 11) is 0. The molecule has 0 bridgehead atoms.